The molecule has 1 aromatic heterocycles. The number of carbonyl (C=O) groups is 1. The summed E-state index contributed by atoms with van der Waals surface area (Å²) in [5.74, 6) is -0.0463. The van der Waals surface area contributed by atoms with Crippen molar-refractivity contribution in [3.63, 3.8) is 0 Å². The van der Waals surface area contributed by atoms with Crippen LogP contribution in [0, 0.1) is 0 Å². The topological polar surface area (TPSA) is 46.9 Å². The summed E-state index contributed by atoms with van der Waals surface area (Å²) in [5, 5.41) is 8.29. The Morgan fingerprint density at radius 1 is 1.56 bits per heavy atom. The smallest absolute Gasteiger partial charge is 0.269 e. The van der Waals surface area contributed by atoms with E-state index in [0.29, 0.717) is 5.69 Å². The number of amides is 1. The first-order valence-electron chi connectivity index (χ1n) is 6.37. The SMILES string of the molecule is CCc1cc(C(=O)NC(C)(CC)CCBr)n(C)n1. The van der Waals surface area contributed by atoms with Gasteiger partial charge in [0.25, 0.3) is 5.91 Å². The summed E-state index contributed by atoms with van der Waals surface area (Å²) in [4.78, 5) is 12.3. The van der Waals surface area contributed by atoms with Crippen molar-refractivity contribution in [3.8, 4) is 0 Å². The summed E-state index contributed by atoms with van der Waals surface area (Å²) in [5.41, 5.74) is 1.40. The number of halogens is 1. The van der Waals surface area contributed by atoms with Gasteiger partial charge in [-0.25, -0.2) is 0 Å². The molecule has 1 amide bonds. The van der Waals surface area contributed by atoms with Crippen LogP contribution in [-0.4, -0.2) is 26.6 Å². The molecule has 0 aliphatic carbocycles. The Hall–Kier alpha value is -0.840. The molecule has 0 fully saturated rings. The molecular weight excluding hydrogens is 294 g/mol. The molecule has 1 heterocycles. The lowest BCUT2D eigenvalue weighted by molar-refractivity contribution is 0.0892. The highest BCUT2D eigenvalue weighted by Crippen LogP contribution is 2.17. The molecule has 4 nitrogen and oxygen atoms in total. The van der Waals surface area contributed by atoms with Gasteiger partial charge in [0.15, 0.2) is 0 Å². The fraction of sp³-hybridized carbons (Fsp3) is 0.692. The van der Waals surface area contributed by atoms with E-state index in [0.717, 1.165) is 30.3 Å². The van der Waals surface area contributed by atoms with E-state index < -0.39 is 0 Å². The van der Waals surface area contributed by atoms with E-state index in [9.17, 15) is 4.79 Å². The van der Waals surface area contributed by atoms with E-state index in [1.165, 1.54) is 0 Å². The van der Waals surface area contributed by atoms with Crippen molar-refractivity contribution in [2.45, 2.75) is 45.6 Å². The highest BCUT2D eigenvalue weighted by Gasteiger charge is 2.25. The standard InChI is InChI=1S/C13H22BrN3O/c1-5-10-9-11(17(4)16-10)12(18)15-13(3,6-2)7-8-14/h9H,5-8H2,1-4H3,(H,15,18). The number of aromatic nitrogens is 2. The molecule has 0 aromatic carbocycles. The predicted octanol–water partition coefficient (Wildman–Crippen LogP) is 2.67. The predicted molar refractivity (Wildman–Crippen MR) is 77.2 cm³/mol. The Morgan fingerprint density at radius 2 is 2.22 bits per heavy atom. The van der Waals surface area contributed by atoms with Gasteiger partial charge in [-0.1, -0.05) is 29.8 Å². The summed E-state index contributed by atoms with van der Waals surface area (Å²) < 4.78 is 1.65. The van der Waals surface area contributed by atoms with E-state index in [4.69, 9.17) is 0 Å². The average molecular weight is 316 g/mol. The number of hydrogen-bond donors (Lipinski definition) is 1. The van der Waals surface area contributed by atoms with E-state index in [2.05, 4.69) is 40.2 Å². The van der Waals surface area contributed by atoms with Crippen LogP contribution in [0.3, 0.4) is 0 Å². The molecule has 1 N–H and O–H groups in total. The number of nitrogens with one attached hydrogen (secondary N) is 1. The molecule has 5 heteroatoms. The molecule has 0 radical (unpaired) electrons. The maximum atomic E-state index is 12.3. The van der Waals surface area contributed by atoms with E-state index in [1.807, 2.05) is 20.0 Å². The Morgan fingerprint density at radius 3 is 2.67 bits per heavy atom. The molecule has 1 aromatic rings. The molecule has 1 atom stereocenters. The summed E-state index contributed by atoms with van der Waals surface area (Å²) >= 11 is 3.43. The van der Waals surface area contributed by atoms with Gasteiger partial charge in [-0.15, -0.1) is 0 Å². The number of nitrogens with zero attached hydrogens (tertiary/aromatic N) is 2. The summed E-state index contributed by atoms with van der Waals surface area (Å²) in [7, 11) is 1.81. The minimum Gasteiger partial charge on any atom is -0.346 e. The fourth-order valence-corrected chi connectivity index (χ4v) is 2.66. The number of hydrogen-bond acceptors (Lipinski definition) is 2. The maximum Gasteiger partial charge on any atom is 0.269 e. The third-order valence-electron chi connectivity index (χ3n) is 3.37. The molecular formula is C13H22BrN3O. The zero-order valence-electron chi connectivity index (χ0n) is 11.6. The second-order valence-electron chi connectivity index (χ2n) is 4.81. The van der Waals surface area contributed by atoms with Crippen molar-refractivity contribution < 1.29 is 4.79 Å². The van der Waals surface area contributed by atoms with Gasteiger partial charge in [0.1, 0.15) is 5.69 Å². The molecule has 0 saturated carbocycles. The van der Waals surface area contributed by atoms with Crippen LogP contribution in [0.1, 0.15) is 49.8 Å². The Balaban J connectivity index is 2.83. The van der Waals surface area contributed by atoms with Crippen molar-refractivity contribution >= 4 is 21.8 Å². The van der Waals surface area contributed by atoms with Crippen molar-refractivity contribution in [3.05, 3.63) is 17.5 Å². The number of aryl methyl sites for hydroxylation is 2. The Bertz CT molecular complexity index is 416. The second-order valence-corrected chi connectivity index (χ2v) is 5.60. The lowest BCUT2D eigenvalue weighted by Crippen LogP contribution is -2.46. The lowest BCUT2D eigenvalue weighted by Gasteiger charge is -2.28. The van der Waals surface area contributed by atoms with Crippen LogP contribution in [0.15, 0.2) is 6.07 Å². The number of carbonyl (C=O) groups excluding carboxylic acids is 1. The number of rotatable bonds is 6. The molecule has 18 heavy (non-hydrogen) atoms. The zero-order valence-corrected chi connectivity index (χ0v) is 13.2. The Kier molecular flexibility index (Phi) is 5.38. The van der Waals surface area contributed by atoms with Gasteiger partial charge in [0.2, 0.25) is 0 Å². The van der Waals surface area contributed by atoms with Gasteiger partial charge in [0.05, 0.1) is 5.69 Å². The third kappa shape index (κ3) is 3.57. The minimum atomic E-state index is -0.169. The monoisotopic (exact) mass is 315 g/mol. The quantitative estimate of drug-likeness (QED) is 0.820. The normalized spacial score (nSPS) is 14.3. The zero-order chi connectivity index (χ0) is 13.8. The molecule has 1 unspecified atom stereocenters. The highest BCUT2D eigenvalue weighted by molar-refractivity contribution is 9.09. The van der Waals surface area contributed by atoms with Crippen LogP contribution in [0.2, 0.25) is 0 Å². The average Bonchev–Trinajstić information content (AvgIpc) is 2.71. The van der Waals surface area contributed by atoms with Crippen LogP contribution in [0.4, 0.5) is 0 Å². The summed E-state index contributed by atoms with van der Waals surface area (Å²) in [6, 6.07) is 1.86. The van der Waals surface area contributed by atoms with E-state index in [1.54, 1.807) is 4.68 Å². The van der Waals surface area contributed by atoms with Crippen LogP contribution in [0.25, 0.3) is 0 Å². The Labute approximate surface area is 117 Å². The first-order valence-corrected chi connectivity index (χ1v) is 7.49. The fourth-order valence-electron chi connectivity index (χ4n) is 1.79. The molecule has 0 aliphatic rings. The van der Waals surface area contributed by atoms with Crippen molar-refractivity contribution in [1.29, 1.82) is 0 Å². The summed E-state index contributed by atoms with van der Waals surface area (Å²) in [6.07, 6.45) is 2.66. The van der Waals surface area contributed by atoms with Crippen molar-refractivity contribution in [2.24, 2.45) is 7.05 Å². The van der Waals surface area contributed by atoms with Gasteiger partial charge in [-0.05, 0) is 32.3 Å². The maximum absolute atomic E-state index is 12.3. The minimum absolute atomic E-state index is 0.0463. The van der Waals surface area contributed by atoms with Gasteiger partial charge >= 0.3 is 0 Å². The van der Waals surface area contributed by atoms with Crippen LogP contribution in [0.5, 0.6) is 0 Å². The first-order chi connectivity index (χ1) is 8.45. The lowest BCUT2D eigenvalue weighted by atomic mass is 9.95. The second kappa shape index (κ2) is 6.36. The molecule has 0 saturated heterocycles. The van der Waals surface area contributed by atoms with Gasteiger partial charge < -0.3 is 5.32 Å². The van der Waals surface area contributed by atoms with Gasteiger partial charge in [0, 0.05) is 17.9 Å². The van der Waals surface area contributed by atoms with Gasteiger partial charge in [-0.2, -0.15) is 5.10 Å². The van der Waals surface area contributed by atoms with Crippen molar-refractivity contribution in [1.82, 2.24) is 15.1 Å². The van der Waals surface area contributed by atoms with Crippen molar-refractivity contribution in [2.75, 3.05) is 5.33 Å². The van der Waals surface area contributed by atoms with E-state index in [-0.39, 0.29) is 11.4 Å². The molecule has 0 aliphatic heterocycles. The third-order valence-corrected chi connectivity index (χ3v) is 3.76. The molecule has 0 spiro atoms. The molecule has 102 valence electrons. The molecule has 1 rings (SSSR count). The van der Waals surface area contributed by atoms with Gasteiger partial charge in [-0.3, -0.25) is 9.48 Å². The molecule has 0 bridgehead atoms. The van der Waals surface area contributed by atoms with Crippen LogP contribution in [-0.2, 0) is 13.5 Å². The summed E-state index contributed by atoms with van der Waals surface area (Å²) in [6.45, 7) is 6.19. The largest absolute Gasteiger partial charge is 0.346 e. The first kappa shape index (κ1) is 15.2. The number of alkyl halides is 1. The van der Waals surface area contributed by atoms with Crippen LogP contribution < -0.4 is 5.32 Å². The van der Waals surface area contributed by atoms with E-state index >= 15 is 0 Å². The highest BCUT2D eigenvalue weighted by atomic mass is 79.9. The van der Waals surface area contributed by atoms with Crippen LogP contribution >= 0.6 is 15.9 Å².